The topological polar surface area (TPSA) is 51.8 Å². The van der Waals surface area contributed by atoms with Crippen molar-refractivity contribution in [3.05, 3.63) is 59.7 Å². The average molecular weight is 294 g/mol. The highest BCUT2D eigenvalue weighted by molar-refractivity contribution is 5.29. The van der Waals surface area contributed by atoms with Gasteiger partial charge in [0.1, 0.15) is 0 Å². The van der Waals surface area contributed by atoms with Crippen LogP contribution in [0.1, 0.15) is 17.1 Å². The minimum Gasteiger partial charge on any atom is -0.290 e. The van der Waals surface area contributed by atoms with E-state index in [2.05, 4.69) is 31.1 Å². The van der Waals surface area contributed by atoms with Crippen LogP contribution >= 0.6 is 0 Å². The lowest BCUT2D eigenvalue weighted by atomic mass is 10.2. The average Bonchev–Trinajstić information content (AvgIpc) is 3.13. The number of rotatable bonds is 3. The second-order valence-corrected chi connectivity index (χ2v) is 5.70. The van der Waals surface area contributed by atoms with Crippen LogP contribution in [0.2, 0.25) is 0 Å². The van der Waals surface area contributed by atoms with Crippen molar-refractivity contribution in [2.45, 2.75) is 26.6 Å². The van der Waals surface area contributed by atoms with Gasteiger partial charge in [0, 0.05) is 19.6 Å². The molecule has 4 rings (SSSR count). The van der Waals surface area contributed by atoms with E-state index < -0.39 is 0 Å². The molecule has 0 saturated heterocycles. The SMILES string of the molecule is Cc1cc2n(n1)CCN(Cc1cn(-c3ccccc3)nn1)C2. The number of fused-ring (bicyclic) bond motifs is 1. The monoisotopic (exact) mass is 294 g/mol. The third kappa shape index (κ3) is 2.53. The molecule has 0 aliphatic carbocycles. The highest BCUT2D eigenvalue weighted by atomic mass is 15.4. The zero-order chi connectivity index (χ0) is 14.9. The molecule has 0 spiro atoms. The van der Waals surface area contributed by atoms with Crippen molar-refractivity contribution in [2.24, 2.45) is 0 Å². The number of hydrogen-bond acceptors (Lipinski definition) is 4. The van der Waals surface area contributed by atoms with Crippen molar-refractivity contribution in [1.29, 1.82) is 0 Å². The van der Waals surface area contributed by atoms with E-state index in [1.54, 1.807) is 0 Å². The molecule has 3 heterocycles. The standard InChI is InChI=1S/C16H18N6/c1-13-9-16-12-20(7-8-21(16)18-13)10-14-11-22(19-17-14)15-5-3-2-4-6-15/h2-6,9,11H,7-8,10,12H2,1H3. The Balaban J connectivity index is 1.47. The Morgan fingerprint density at radius 3 is 2.86 bits per heavy atom. The van der Waals surface area contributed by atoms with Crippen molar-refractivity contribution in [3.63, 3.8) is 0 Å². The summed E-state index contributed by atoms with van der Waals surface area (Å²) >= 11 is 0. The van der Waals surface area contributed by atoms with Gasteiger partial charge in [-0.25, -0.2) is 4.68 Å². The number of nitrogens with zero attached hydrogens (tertiary/aromatic N) is 6. The normalized spacial score (nSPS) is 15.0. The van der Waals surface area contributed by atoms with E-state index in [0.717, 1.165) is 43.3 Å². The summed E-state index contributed by atoms with van der Waals surface area (Å²) in [6.07, 6.45) is 2.01. The van der Waals surface area contributed by atoms with E-state index in [-0.39, 0.29) is 0 Å². The summed E-state index contributed by atoms with van der Waals surface area (Å²) in [4.78, 5) is 2.38. The highest BCUT2D eigenvalue weighted by Crippen LogP contribution is 2.15. The molecule has 0 atom stereocenters. The van der Waals surface area contributed by atoms with Crippen LogP contribution in [0.25, 0.3) is 5.69 Å². The van der Waals surface area contributed by atoms with E-state index in [1.165, 1.54) is 5.69 Å². The number of hydrogen-bond donors (Lipinski definition) is 0. The van der Waals surface area contributed by atoms with Gasteiger partial charge in [0.15, 0.2) is 0 Å². The van der Waals surface area contributed by atoms with Gasteiger partial charge in [0.2, 0.25) is 0 Å². The molecule has 112 valence electrons. The molecule has 6 nitrogen and oxygen atoms in total. The lowest BCUT2D eigenvalue weighted by Crippen LogP contribution is -2.33. The third-order valence-corrected chi connectivity index (χ3v) is 3.95. The van der Waals surface area contributed by atoms with Gasteiger partial charge in [-0.1, -0.05) is 23.4 Å². The summed E-state index contributed by atoms with van der Waals surface area (Å²) in [7, 11) is 0. The van der Waals surface area contributed by atoms with Crippen LogP contribution < -0.4 is 0 Å². The van der Waals surface area contributed by atoms with E-state index in [0.29, 0.717) is 0 Å². The first kappa shape index (κ1) is 13.2. The quantitative estimate of drug-likeness (QED) is 0.739. The lowest BCUT2D eigenvalue weighted by Gasteiger charge is -2.26. The Morgan fingerprint density at radius 1 is 1.14 bits per heavy atom. The smallest absolute Gasteiger partial charge is 0.0972 e. The van der Waals surface area contributed by atoms with Crippen LogP contribution in [0.3, 0.4) is 0 Å². The van der Waals surface area contributed by atoms with E-state index >= 15 is 0 Å². The Labute approximate surface area is 129 Å². The van der Waals surface area contributed by atoms with E-state index in [1.807, 2.05) is 48.1 Å². The van der Waals surface area contributed by atoms with Gasteiger partial charge in [-0.15, -0.1) is 5.10 Å². The van der Waals surface area contributed by atoms with Gasteiger partial charge in [0.05, 0.1) is 35.5 Å². The number of para-hydroxylation sites is 1. The molecular weight excluding hydrogens is 276 g/mol. The molecule has 0 N–H and O–H groups in total. The summed E-state index contributed by atoms with van der Waals surface area (Å²) in [6, 6.07) is 12.2. The molecule has 22 heavy (non-hydrogen) atoms. The lowest BCUT2D eigenvalue weighted by molar-refractivity contribution is 0.203. The summed E-state index contributed by atoms with van der Waals surface area (Å²) in [6.45, 7) is 5.71. The van der Waals surface area contributed by atoms with Gasteiger partial charge in [-0.05, 0) is 25.1 Å². The second-order valence-electron chi connectivity index (χ2n) is 5.70. The molecule has 0 bridgehead atoms. The fraction of sp³-hybridized carbons (Fsp3) is 0.312. The summed E-state index contributed by atoms with van der Waals surface area (Å²) in [5, 5.41) is 13.0. The van der Waals surface area contributed by atoms with Crippen LogP contribution in [0.5, 0.6) is 0 Å². The molecule has 0 saturated carbocycles. The first-order chi connectivity index (χ1) is 10.8. The molecule has 0 fully saturated rings. The van der Waals surface area contributed by atoms with Crippen LogP contribution in [0.4, 0.5) is 0 Å². The van der Waals surface area contributed by atoms with E-state index in [9.17, 15) is 0 Å². The van der Waals surface area contributed by atoms with Crippen molar-refractivity contribution < 1.29 is 0 Å². The summed E-state index contributed by atoms with van der Waals surface area (Å²) in [5.41, 5.74) is 4.40. The molecule has 6 heteroatoms. The molecule has 0 radical (unpaired) electrons. The van der Waals surface area contributed by atoms with Gasteiger partial charge in [0.25, 0.3) is 0 Å². The Kier molecular flexibility index (Phi) is 3.23. The molecular formula is C16H18N6. The number of benzene rings is 1. The van der Waals surface area contributed by atoms with Crippen LogP contribution in [-0.4, -0.2) is 36.2 Å². The minimum absolute atomic E-state index is 0.817. The van der Waals surface area contributed by atoms with Crippen molar-refractivity contribution >= 4 is 0 Å². The molecule has 1 aliphatic rings. The van der Waals surface area contributed by atoms with Crippen molar-refractivity contribution in [1.82, 2.24) is 29.7 Å². The first-order valence-electron chi connectivity index (χ1n) is 7.50. The van der Waals surface area contributed by atoms with Crippen molar-refractivity contribution in [3.8, 4) is 5.69 Å². The zero-order valence-corrected chi connectivity index (χ0v) is 12.6. The van der Waals surface area contributed by atoms with Gasteiger partial charge >= 0.3 is 0 Å². The van der Waals surface area contributed by atoms with Gasteiger partial charge in [-0.3, -0.25) is 9.58 Å². The third-order valence-electron chi connectivity index (χ3n) is 3.95. The van der Waals surface area contributed by atoms with Gasteiger partial charge < -0.3 is 0 Å². The molecule has 3 aromatic rings. The second kappa shape index (κ2) is 5.38. The first-order valence-corrected chi connectivity index (χ1v) is 7.50. The predicted octanol–water partition coefficient (Wildman–Crippen LogP) is 1.79. The Morgan fingerprint density at radius 2 is 2.00 bits per heavy atom. The number of aryl methyl sites for hydroxylation is 1. The fourth-order valence-electron chi connectivity index (χ4n) is 2.91. The minimum atomic E-state index is 0.817. The molecule has 0 amide bonds. The van der Waals surface area contributed by atoms with E-state index in [4.69, 9.17) is 0 Å². The Bertz CT molecular complexity index is 773. The van der Waals surface area contributed by atoms with Crippen molar-refractivity contribution in [2.75, 3.05) is 6.54 Å². The number of aromatic nitrogens is 5. The maximum Gasteiger partial charge on any atom is 0.0972 e. The van der Waals surface area contributed by atoms with Crippen LogP contribution in [0.15, 0.2) is 42.6 Å². The molecule has 1 aromatic carbocycles. The summed E-state index contributed by atoms with van der Waals surface area (Å²) in [5.74, 6) is 0. The maximum absolute atomic E-state index is 4.49. The van der Waals surface area contributed by atoms with Crippen LogP contribution in [0, 0.1) is 6.92 Å². The fourth-order valence-corrected chi connectivity index (χ4v) is 2.91. The van der Waals surface area contributed by atoms with Gasteiger partial charge in [-0.2, -0.15) is 5.10 Å². The highest BCUT2D eigenvalue weighted by Gasteiger charge is 2.18. The van der Waals surface area contributed by atoms with Crippen LogP contribution in [-0.2, 0) is 19.6 Å². The Hall–Kier alpha value is -2.47. The summed E-state index contributed by atoms with van der Waals surface area (Å²) < 4.78 is 3.93. The maximum atomic E-state index is 4.49. The molecule has 0 unspecified atom stereocenters. The molecule has 1 aliphatic heterocycles. The molecule has 2 aromatic heterocycles. The zero-order valence-electron chi connectivity index (χ0n) is 12.6. The largest absolute Gasteiger partial charge is 0.290 e. The predicted molar refractivity (Wildman–Crippen MR) is 82.4 cm³/mol.